The second kappa shape index (κ2) is 13.4. The minimum absolute atomic E-state index is 0.0918. The summed E-state index contributed by atoms with van der Waals surface area (Å²) in [5.74, 6) is 0.480. The van der Waals surface area contributed by atoms with Crippen LogP contribution in [0.4, 0.5) is 11.4 Å². The van der Waals surface area contributed by atoms with Crippen LogP contribution in [-0.2, 0) is 5.41 Å². The number of allylic oxidation sites excluding steroid dienone is 15. The predicted molar refractivity (Wildman–Crippen MR) is 235 cm³/mol. The summed E-state index contributed by atoms with van der Waals surface area (Å²) in [6, 6.07) is 37.0. The highest BCUT2D eigenvalue weighted by Crippen LogP contribution is 2.64. The average molecular weight is 727 g/mol. The lowest BCUT2D eigenvalue weighted by molar-refractivity contribution is 0.303. The van der Waals surface area contributed by atoms with Gasteiger partial charge in [0, 0.05) is 34.9 Å². The standard InChI is InChI=1S/C54H50N2/c1-37-15-12-19-40(27-26-37)56(44-21-14-32-53(3,4)36-44)43-29-31-48-47-30-28-42(55(39-17-6-5-7-18-39)41-20-13-16-38(2)33-41)34-51(47)54(52(48)35-43)49-24-10-8-22-45(49)46-23-9-11-25-50(46)54/h5-26,28-32,34,38,43H,27,33,35-36H2,1-4H3. The van der Waals surface area contributed by atoms with Crippen molar-refractivity contribution in [2.45, 2.75) is 64.8 Å². The first-order valence-corrected chi connectivity index (χ1v) is 20.5. The highest BCUT2D eigenvalue weighted by atomic mass is 15.2. The van der Waals surface area contributed by atoms with Crippen LogP contribution in [0.1, 0.15) is 75.6 Å². The maximum atomic E-state index is 2.70. The number of anilines is 2. The molecule has 1 spiro atoms. The number of benzene rings is 4. The van der Waals surface area contributed by atoms with Crippen molar-refractivity contribution in [2.75, 3.05) is 4.90 Å². The number of fused-ring (bicyclic) bond motifs is 9. The minimum Gasteiger partial charge on any atom is -0.341 e. The van der Waals surface area contributed by atoms with Crippen LogP contribution in [0.3, 0.4) is 0 Å². The second-order valence-electron chi connectivity index (χ2n) is 17.2. The molecule has 6 aliphatic rings. The predicted octanol–water partition coefficient (Wildman–Crippen LogP) is 13.7. The van der Waals surface area contributed by atoms with E-state index in [0.717, 1.165) is 25.7 Å². The molecule has 0 saturated carbocycles. The van der Waals surface area contributed by atoms with E-state index in [0.29, 0.717) is 5.92 Å². The molecular formula is C54H50N2. The number of nitrogens with zero attached hydrogens (tertiary/aromatic N) is 2. The lowest BCUT2D eigenvalue weighted by atomic mass is 9.67. The van der Waals surface area contributed by atoms with Crippen molar-refractivity contribution in [3.05, 3.63) is 220 Å². The summed E-state index contributed by atoms with van der Waals surface area (Å²) in [7, 11) is 0. The molecule has 0 fully saturated rings. The van der Waals surface area contributed by atoms with Gasteiger partial charge >= 0.3 is 0 Å². The van der Waals surface area contributed by atoms with Gasteiger partial charge in [-0.1, -0.05) is 154 Å². The van der Waals surface area contributed by atoms with Gasteiger partial charge < -0.3 is 9.80 Å². The Hall–Kier alpha value is -5.86. The van der Waals surface area contributed by atoms with Crippen molar-refractivity contribution in [1.29, 1.82) is 0 Å². The van der Waals surface area contributed by atoms with Crippen LogP contribution in [0.25, 0.3) is 16.7 Å². The number of rotatable bonds is 6. The first kappa shape index (κ1) is 34.6. The highest BCUT2D eigenvalue weighted by Gasteiger charge is 2.54. The van der Waals surface area contributed by atoms with E-state index in [4.69, 9.17) is 0 Å². The lowest BCUT2D eigenvalue weighted by Crippen LogP contribution is -2.38. The number of hydrogen-bond donors (Lipinski definition) is 0. The maximum absolute atomic E-state index is 2.70. The second-order valence-corrected chi connectivity index (χ2v) is 17.2. The molecule has 56 heavy (non-hydrogen) atoms. The van der Waals surface area contributed by atoms with Crippen LogP contribution < -0.4 is 4.90 Å². The van der Waals surface area contributed by atoms with Crippen molar-refractivity contribution in [3.63, 3.8) is 0 Å². The molecule has 2 heteroatoms. The number of hydrogen-bond acceptors (Lipinski definition) is 2. The Morgan fingerprint density at radius 1 is 0.625 bits per heavy atom. The zero-order valence-corrected chi connectivity index (χ0v) is 33.0. The average Bonchev–Trinajstić information content (AvgIpc) is 3.56. The molecule has 2 unspecified atom stereocenters. The maximum Gasteiger partial charge on any atom is 0.0690 e. The smallest absolute Gasteiger partial charge is 0.0690 e. The lowest BCUT2D eigenvalue weighted by Gasteiger charge is -2.42. The summed E-state index contributed by atoms with van der Waals surface area (Å²) in [5.41, 5.74) is 18.6. The monoisotopic (exact) mass is 726 g/mol. The zero-order valence-electron chi connectivity index (χ0n) is 33.0. The van der Waals surface area contributed by atoms with E-state index in [9.17, 15) is 0 Å². The van der Waals surface area contributed by atoms with Crippen LogP contribution in [0.2, 0.25) is 0 Å². The Kier molecular flexibility index (Phi) is 8.29. The van der Waals surface area contributed by atoms with Gasteiger partial charge in [-0.05, 0) is 125 Å². The van der Waals surface area contributed by atoms with Gasteiger partial charge in [0.2, 0.25) is 0 Å². The van der Waals surface area contributed by atoms with E-state index in [-0.39, 0.29) is 11.5 Å². The van der Waals surface area contributed by atoms with Crippen LogP contribution >= 0.6 is 0 Å². The fraction of sp³-hybridized carbons (Fsp3) is 0.222. The third kappa shape index (κ3) is 5.53. The van der Waals surface area contributed by atoms with Crippen LogP contribution in [-0.4, -0.2) is 10.9 Å². The van der Waals surface area contributed by atoms with E-state index in [1.165, 1.54) is 78.6 Å². The molecule has 0 aliphatic heterocycles. The minimum atomic E-state index is -0.409. The summed E-state index contributed by atoms with van der Waals surface area (Å²) in [6.07, 6.45) is 32.0. The molecule has 0 amide bonds. The normalized spacial score (nSPS) is 22.0. The summed E-state index contributed by atoms with van der Waals surface area (Å²) in [6.45, 7) is 9.26. The fourth-order valence-electron chi connectivity index (χ4n) is 10.4. The molecule has 2 atom stereocenters. The molecule has 4 aromatic rings. The van der Waals surface area contributed by atoms with E-state index in [1.54, 1.807) is 0 Å². The van der Waals surface area contributed by atoms with Crippen molar-refractivity contribution in [2.24, 2.45) is 11.3 Å². The molecule has 0 heterocycles. The Labute approximate surface area is 333 Å². The van der Waals surface area contributed by atoms with E-state index in [1.807, 2.05) is 0 Å². The summed E-state index contributed by atoms with van der Waals surface area (Å²) in [5, 5.41) is 0. The van der Waals surface area contributed by atoms with Gasteiger partial charge in [0.1, 0.15) is 0 Å². The first-order chi connectivity index (χ1) is 27.3. The molecule has 0 radical (unpaired) electrons. The Bertz CT molecular complexity index is 2490. The van der Waals surface area contributed by atoms with Gasteiger partial charge in [0.05, 0.1) is 11.5 Å². The van der Waals surface area contributed by atoms with E-state index < -0.39 is 5.41 Å². The molecule has 0 saturated heterocycles. The first-order valence-electron chi connectivity index (χ1n) is 20.5. The van der Waals surface area contributed by atoms with Gasteiger partial charge in [0.15, 0.2) is 0 Å². The Balaban J connectivity index is 1.17. The van der Waals surface area contributed by atoms with Crippen molar-refractivity contribution in [3.8, 4) is 11.1 Å². The Morgan fingerprint density at radius 2 is 1.34 bits per heavy atom. The molecule has 10 rings (SSSR count). The SMILES string of the molecule is CC1=CCC(N(C2=CC=CC(C)(C)C2)C2C=CC3=C(C2)C2(c4cc(N(C5=CC=CC(C)C5)c5ccccc5)ccc43)c3ccccc3-c3ccccc32)=CC=C1. The van der Waals surface area contributed by atoms with Crippen molar-refractivity contribution >= 4 is 16.9 Å². The van der Waals surface area contributed by atoms with E-state index in [2.05, 4.69) is 207 Å². The van der Waals surface area contributed by atoms with E-state index >= 15 is 0 Å². The van der Waals surface area contributed by atoms with Crippen molar-refractivity contribution in [1.82, 2.24) is 4.90 Å². The van der Waals surface area contributed by atoms with Crippen LogP contribution in [0, 0.1) is 11.3 Å². The fourth-order valence-corrected chi connectivity index (χ4v) is 10.4. The van der Waals surface area contributed by atoms with Gasteiger partial charge in [0.25, 0.3) is 0 Å². The third-order valence-corrected chi connectivity index (χ3v) is 12.8. The van der Waals surface area contributed by atoms with Crippen LogP contribution in [0.15, 0.2) is 198 Å². The van der Waals surface area contributed by atoms with Gasteiger partial charge in [-0.3, -0.25) is 0 Å². The summed E-state index contributed by atoms with van der Waals surface area (Å²) in [4.78, 5) is 5.20. The quantitative estimate of drug-likeness (QED) is 0.195. The topological polar surface area (TPSA) is 6.48 Å². The van der Waals surface area contributed by atoms with Gasteiger partial charge in [-0.2, -0.15) is 0 Å². The summed E-state index contributed by atoms with van der Waals surface area (Å²) >= 11 is 0. The number of para-hydroxylation sites is 1. The highest BCUT2D eigenvalue weighted by molar-refractivity contribution is 5.98. The Morgan fingerprint density at radius 3 is 2.09 bits per heavy atom. The van der Waals surface area contributed by atoms with Gasteiger partial charge in [-0.25, -0.2) is 0 Å². The third-order valence-electron chi connectivity index (χ3n) is 12.8. The van der Waals surface area contributed by atoms with Crippen molar-refractivity contribution < 1.29 is 0 Å². The molecule has 276 valence electrons. The summed E-state index contributed by atoms with van der Waals surface area (Å²) < 4.78 is 0. The largest absolute Gasteiger partial charge is 0.341 e. The van der Waals surface area contributed by atoms with Crippen LogP contribution in [0.5, 0.6) is 0 Å². The molecule has 4 aromatic carbocycles. The molecule has 0 bridgehead atoms. The zero-order chi connectivity index (χ0) is 38.0. The molecule has 0 aromatic heterocycles. The van der Waals surface area contributed by atoms with Gasteiger partial charge in [-0.15, -0.1) is 0 Å². The molecule has 2 nitrogen and oxygen atoms in total. The molecular weight excluding hydrogens is 677 g/mol. The molecule has 0 N–H and O–H groups in total. The molecule has 6 aliphatic carbocycles.